The molecule has 0 aromatic rings. The lowest BCUT2D eigenvalue weighted by atomic mass is 10.0. The van der Waals surface area contributed by atoms with E-state index in [2.05, 4.69) is 167 Å². The standard InChI is InChI=1S/C97H168O16P2/c1-4-7-10-13-16-19-22-25-28-30-32-34-36-38-40-42-43-44-45-46-47-49-51-52-54-56-58-60-63-65-68-71-74-77-80-83-95(100)107-86-92(98)87-109-114(103,104)110-88-93(99)89-111-115(105,106)112-91-94(113-97(102)85-82-79-76-73-70-67-62-27-24-21-18-15-12-9-6-3)90-108-96(101)84-81-78-75-72-69-66-64-61-59-57-55-53-50-48-41-39-37-35-33-31-29-26-23-20-17-14-11-8-5-2/h7-8,10-11,16-17,19-20,25-29,32-35,38-41,43-44,62,92-94,98-99H,4-6,9,12-15,18,21-24,30-31,36-37,42,45-61,63-91H2,1-3H3,(H,103,104)(H,105,106)/b10-7-,11-8-,19-16-,20-17-,28-25-,29-26-,34-32-,35-33-,40-38-,41-39-,44-43-,62-27-. The van der Waals surface area contributed by atoms with E-state index < -0.39 is 91.5 Å². The molecule has 0 aromatic heterocycles. The Hall–Kier alpha value is -4.57. The monoisotopic (exact) mass is 1650 g/mol. The van der Waals surface area contributed by atoms with Crippen molar-refractivity contribution in [2.45, 2.75) is 411 Å². The van der Waals surface area contributed by atoms with E-state index in [0.717, 1.165) is 161 Å². The van der Waals surface area contributed by atoms with Gasteiger partial charge in [-0.25, -0.2) is 9.13 Å². The number of carbonyl (C=O) groups excluding carboxylic acids is 3. The van der Waals surface area contributed by atoms with E-state index in [-0.39, 0.29) is 19.3 Å². The quantitative estimate of drug-likeness (QED) is 0.0146. The minimum atomic E-state index is -4.94. The predicted octanol–water partition coefficient (Wildman–Crippen LogP) is 28.3. The van der Waals surface area contributed by atoms with E-state index in [9.17, 15) is 43.5 Å². The second-order valence-corrected chi connectivity index (χ2v) is 33.6. The van der Waals surface area contributed by atoms with Crippen molar-refractivity contribution >= 4 is 33.6 Å². The molecule has 5 unspecified atom stereocenters. The van der Waals surface area contributed by atoms with Gasteiger partial charge in [-0.1, -0.05) is 378 Å². The molecular formula is C97H168O16P2. The lowest BCUT2D eigenvalue weighted by Gasteiger charge is -2.21. The highest BCUT2D eigenvalue weighted by Gasteiger charge is 2.29. The topological polar surface area (TPSA) is 231 Å². The molecule has 0 amide bonds. The molecule has 0 saturated carbocycles. The van der Waals surface area contributed by atoms with Crippen molar-refractivity contribution in [2.75, 3.05) is 39.6 Å². The van der Waals surface area contributed by atoms with Crippen LogP contribution in [0.2, 0.25) is 0 Å². The molecular weight excluding hydrogens is 1480 g/mol. The summed E-state index contributed by atoms with van der Waals surface area (Å²) in [5, 5.41) is 20.7. The lowest BCUT2D eigenvalue weighted by Crippen LogP contribution is -2.30. The maximum atomic E-state index is 13.0. The largest absolute Gasteiger partial charge is 0.472 e. The fourth-order valence-electron chi connectivity index (χ4n) is 12.6. The Morgan fingerprint density at radius 3 is 0.739 bits per heavy atom. The van der Waals surface area contributed by atoms with Gasteiger partial charge in [0.05, 0.1) is 26.4 Å². The number of rotatable bonds is 87. The summed E-state index contributed by atoms with van der Waals surface area (Å²) in [5.41, 5.74) is 0. The van der Waals surface area contributed by atoms with Crippen LogP contribution in [-0.4, -0.2) is 95.9 Å². The van der Waals surface area contributed by atoms with E-state index in [4.69, 9.17) is 32.3 Å². The smallest absolute Gasteiger partial charge is 0.463 e. The van der Waals surface area contributed by atoms with Crippen molar-refractivity contribution in [3.8, 4) is 0 Å². The van der Waals surface area contributed by atoms with Gasteiger partial charge < -0.3 is 34.2 Å². The number of esters is 3. The molecule has 0 aliphatic heterocycles. The maximum Gasteiger partial charge on any atom is 0.472 e. The molecule has 662 valence electrons. The summed E-state index contributed by atoms with van der Waals surface area (Å²) in [6, 6.07) is 0. The van der Waals surface area contributed by atoms with Gasteiger partial charge in [0.2, 0.25) is 0 Å². The minimum Gasteiger partial charge on any atom is -0.463 e. The van der Waals surface area contributed by atoms with Crippen LogP contribution in [0.5, 0.6) is 0 Å². The zero-order valence-electron chi connectivity index (χ0n) is 72.9. The number of phosphoric acid groups is 2. The number of unbranched alkanes of at least 4 members (excludes halogenated alkanes) is 40. The van der Waals surface area contributed by atoms with Crippen LogP contribution in [0.15, 0.2) is 146 Å². The van der Waals surface area contributed by atoms with Crippen molar-refractivity contribution in [1.29, 1.82) is 0 Å². The highest BCUT2D eigenvalue weighted by molar-refractivity contribution is 7.47. The molecule has 0 radical (unpaired) electrons. The fourth-order valence-corrected chi connectivity index (χ4v) is 14.2. The third-order valence-corrected chi connectivity index (χ3v) is 21.4. The van der Waals surface area contributed by atoms with E-state index in [0.29, 0.717) is 19.3 Å². The molecule has 4 N–H and O–H groups in total. The molecule has 0 aromatic carbocycles. The highest BCUT2D eigenvalue weighted by Crippen LogP contribution is 2.45. The summed E-state index contributed by atoms with van der Waals surface area (Å²) < 4.78 is 61.4. The second kappa shape index (κ2) is 88.7. The van der Waals surface area contributed by atoms with Crippen LogP contribution in [0.25, 0.3) is 0 Å². The van der Waals surface area contributed by atoms with E-state index >= 15 is 0 Å². The SMILES string of the molecule is CC/C=C\C/C=C\C/C=C\C/C=C\C/C=C\C/C=C\CCCCCCCCCCCCCCCCCCC(=O)OCC(O)COP(=O)(O)OCC(O)COP(=O)(O)OCC(COC(=O)CCCCCCCCCCCCCCC/C=C\C/C=C\C/C=C\C/C=C\C/C=C\CC)OC(=O)CCCCCCC/C=C\CCCCCCCC. The molecule has 16 nitrogen and oxygen atoms in total. The van der Waals surface area contributed by atoms with Crippen LogP contribution >= 0.6 is 15.6 Å². The molecule has 0 aliphatic carbocycles. The first-order valence-corrected chi connectivity index (χ1v) is 49.1. The first-order chi connectivity index (χ1) is 56.2. The zero-order valence-corrected chi connectivity index (χ0v) is 74.7. The lowest BCUT2D eigenvalue weighted by molar-refractivity contribution is -0.161. The van der Waals surface area contributed by atoms with Gasteiger partial charge in [-0.2, -0.15) is 0 Å². The zero-order chi connectivity index (χ0) is 83.6. The number of ether oxygens (including phenoxy) is 3. The second-order valence-electron chi connectivity index (χ2n) is 30.7. The Bertz CT molecular complexity index is 2670. The maximum absolute atomic E-state index is 13.0. The first-order valence-electron chi connectivity index (χ1n) is 46.1. The molecule has 0 fully saturated rings. The van der Waals surface area contributed by atoms with Gasteiger partial charge in [-0.15, -0.1) is 0 Å². The average Bonchev–Trinajstić information content (AvgIpc) is 0.902. The summed E-state index contributed by atoms with van der Waals surface area (Å²) in [6.07, 6.45) is 112. The van der Waals surface area contributed by atoms with Crippen molar-refractivity contribution in [3.05, 3.63) is 146 Å². The molecule has 18 heteroatoms. The van der Waals surface area contributed by atoms with Crippen LogP contribution in [0.1, 0.15) is 393 Å². The molecule has 0 rings (SSSR count). The molecule has 0 spiro atoms. The predicted molar refractivity (Wildman–Crippen MR) is 482 cm³/mol. The highest BCUT2D eigenvalue weighted by atomic mass is 31.2. The van der Waals surface area contributed by atoms with Crippen LogP contribution in [0, 0.1) is 0 Å². The summed E-state index contributed by atoms with van der Waals surface area (Å²) >= 11 is 0. The van der Waals surface area contributed by atoms with E-state index in [1.807, 2.05) is 0 Å². The Labute approximate surface area is 702 Å². The van der Waals surface area contributed by atoms with Gasteiger partial charge in [0, 0.05) is 19.3 Å². The van der Waals surface area contributed by atoms with Gasteiger partial charge in [0.15, 0.2) is 6.10 Å². The van der Waals surface area contributed by atoms with Gasteiger partial charge in [-0.05, 0) is 141 Å². The Morgan fingerprint density at radius 2 is 0.461 bits per heavy atom. The number of aliphatic hydroxyl groups excluding tert-OH is 2. The number of aliphatic hydroxyl groups is 2. The van der Waals surface area contributed by atoms with Crippen molar-refractivity contribution in [1.82, 2.24) is 0 Å². The molecule has 0 heterocycles. The number of carbonyl (C=O) groups is 3. The summed E-state index contributed by atoms with van der Waals surface area (Å²) in [5.74, 6) is -1.57. The Kier molecular flexibility index (Phi) is 85.2. The van der Waals surface area contributed by atoms with Crippen LogP contribution in [0.3, 0.4) is 0 Å². The number of hydrogen-bond acceptors (Lipinski definition) is 14. The molecule has 0 saturated heterocycles. The van der Waals surface area contributed by atoms with Crippen LogP contribution < -0.4 is 0 Å². The average molecular weight is 1650 g/mol. The summed E-state index contributed by atoms with van der Waals surface area (Å²) in [4.78, 5) is 58.9. The normalized spacial score (nSPS) is 14.5. The van der Waals surface area contributed by atoms with Crippen molar-refractivity contribution < 1.29 is 75.8 Å². The minimum absolute atomic E-state index is 0.0945. The summed E-state index contributed by atoms with van der Waals surface area (Å²) in [6.45, 7) is 2.49. The van der Waals surface area contributed by atoms with Crippen LogP contribution in [0.4, 0.5) is 0 Å². The number of allylic oxidation sites excluding steroid dienone is 24. The van der Waals surface area contributed by atoms with Gasteiger partial charge >= 0.3 is 33.6 Å². The third kappa shape index (κ3) is 90.0. The van der Waals surface area contributed by atoms with Gasteiger partial charge in [-0.3, -0.25) is 32.5 Å². The van der Waals surface area contributed by atoms with Gasteiger partial charge in [0.25, 0.3) is 0 Å². The first kappa shape index (κ1) is 110. The third-order valence-electron chi connectivity index (χ3n) is 19.5. The van der Waals surface area contributed by atoms with Crippen molar-refractivity contribution in [2.24, 2.45) is 0 Å². The molecule has 5 atom stereocenters. The summed E-state index contributed by atoms with van der Waals surface area (Å²) in [7, 11) is -9.80. The Morgan fingerprint density at radius 1 is 0.252 bits per heavy atom. The van der Waals surface area contributed by atoms with E-state index in [1.54, 1.807) is 0 Å². The van der Waals surface area contributed by atoms with Crippen LogP contribution in [-0.2, 0) is 55.8 Å². The van der Waals surface area contributed by atoms with Crippen molar-refractivity contribution in [3.63, 3.8) is 0 Å². The molecule has 0 bridgehead atoms. The molecule has 115 heavy (non-hydrogen) atoms. The Balaban J connectivity index is 4.43. The van der Waals surface area contributed by atoms with Gasteiger partial charge in [0.1, 0.15) is 25.4 Å². The number of phosphoric ester groups is 2. The van der Waals surface area contributed by atoms with E-state index in [1.165, 1.54) is 173 Å². The number of hydrogen-bond donors (Lipinski definition) is 4. The fraction of sp³-hybridized carbons (Fsp3) is 0.722. The molecule has 0 aliphatic rings.